The maximum absolute atomic E-state index is 5.25. The number of ether oxygens (including phenoxy) is 1. The Kier molecular flexibility index (Phi) is 3.90. The van der Waals surface area contributed by atoms with Gasteiger partial charge in [-0.3, -0.25) is 4.98 Å². The van der Waals surface area contributed by atoms with Crippen LogP contribution in [0.25, 0.3) is 11.5 Å². The maximum Gasteiger partial charge on any atom is 0.246 e. The van der Waals surface area contributed by atoms with Gasteiger partial charge in [-0.25, -0.2) is 9.97 Å². The Hall–Kier alpha value is -3.03. The molecule has 0 N–H and O–H groups in total. The van der Waals surface area contributed by atoms with Crippen molar-refractivity contribution in [3.8, 4) is 17.4 Å². The van der Waals surface area contributed by atoms with E-state index in [1.807, 2.05) is 30.1 Å². The third kappa shape index (κ3) is 3.00. The Morgan fingerprint density at radius 2 is 2.14 bits per heavy atom. The van der Waals surface area contributed by atoms with Crippen molar-refractivity contribution in [2.75, 3.05) is 19.1 Å². The number of nitrogens with zero attached hydrogens (tertiary/aromatic N) is 6. The number of aromatic nitrogens is 5. The molecule has 22 heavy (non-hydrogen) atoms. The summed E-state index contributed by atoms with van der Waals surface area (Å²) in [7, 11) is 3.43. The first kappa shape index (κ1) is 13.9. The zero-order valence-corrected chi connectivity index (χ0v) is 12.2. The van der Waals surface area contributed by atoms with Gasteiger partial charge in [0.2, 0.25) is 17.6 Å². The lowest BCUT2D eigenvalue weighted by Crippen LogP contribution is -2.18. The number of hydrogen-bond acceptors (Lipinski definition) is 8. The first-order valence-electron chi connectivity index (χ1n) is 6.57. The van der Waals surface area contributed by atoms with E-state index in [0.717, 1.165) is 0 Å². The molecule has 0 atom stereocenters. The molecule has 0 amide bonds. The SMILES string of the molecule is COc1cc(N(C)Cc2nc(-c3ccccn3)no2)ncn1. The summed E-state index contributed by atoms with van der Waals surface area (Å²) in [5.74, 6) is 2.13. The summed E-state index contributed by atoms with van der Waals surface area (Å²) in [4.78, 5) is 18.5. The van der Waals surface area contributed by atoms with Crippen molar-refractivity contribution < 1.29 is 9.26 Å². The van der Waals surface area contributed by atoms with Crippen molar-refractivity contribution in [2.45, 2.75) is 6.54 Å². The van der Waals surface area contributed by atoms with E-state index in [4.69, 9.17) is 9.26 Å². The van der Waals surface area contributed by atoms with Crippen LogP contribution in [0.15, 0.2) is 41.3 Å². The summed E-state index contributed by atoms with van der Waals surface area (Å²) in [6, 6.07) is 7.27. The Balaban J connectivity index is 1.74. The Labute approximate surface area is 126 Å². The van der Waals surface area contributed by atoms with Crippen LogP contribution in [0.4, 0.5) is 5.82 Å². The summed E-state index contributed by atoms with van der Waals surface area (Å²) in [6.45, 7) is 0.417. The average Bonchev–Trinajstić information content (AvgIpc) is 3.04. The van der Waals surface area contributed by atoms with Crippen LogP contribution in [-0.4, -0.2) is 39.3 Å². The summed E-state index contributed by atoms with van der Waals surface area (Å²) < 4.78 is 10.3. The molecule has 3 aromatic heterocycles. The highest BCUT2D eigenvalue weighted by Gasteiger charge is 2.13. The van der Waals surface area contributed by atoms with Gasteiger partial charge in [-0.05, 0) is 12.1 Å². The third-order valence-corrected chi connectivity index (χ3v) is 2.96. The second-order valence-corrected chi connectivity index (χ2v) is 4.50. The van der Waals surface area contributed by atoms with Crippen molar-refractivity contribution in [3.05, 3.63) is 42.7 Å². The van der Waals surface area contributed by atoms with Crippen molar-refractivity contribution >= 4 is 5.82 Å². The third-order valence-electron chi connectivity index (χ3n) is 2.96. The van der Waals surface area contributed by atoms with Crippen LogP contribution in [0, 0.1) is 0 Å². The topological polar surface area (TPSA) is 90.1 Å². The molecule has 0 aliphatic heterocycles. The predicted molar refractivity (Wildman–Crippen MR) is 78.2 cm³/mol. The predicted octanol–water partition coefficient (Wildman–Crippen LogP) is 1.57. The van der Waals surface area contributed by atoms with Crippen molar-refractivity contribution in [1.29, 1.82) is 0 Å². The summed E-state index contributed by atoms with van der Waals surface area (Å²) in [5.41, 5.74) is 0.670. The molecule has 0 spiro atoms. The lowest BCUT2D eigenvalue weighted by Gasteiger charge is -2.15. The number of pyridine rings is 1. The molecule has 0 unspecified atom stereocenters. The molecule has 112 valence electrons. The fourth-order valence-corrected chi connectivity index (χ4v) is 1.85. The highest BCUT2D eigenvalue weighted by Crippen LogP contribution is 2.17. The van der Waals surface area contributed by atoms with Gasteiger partial charge in [0.1, 0.15) is 17.8 Å². The number of rotatable bonds is 5. The second kappa shape index (κ2) is 6.17. The van der Waals surface area contributed by atoms with E-state index in [1.54, 1.807) is 19.4 Å². The molecule has 0 aromatic carbocycles. The monoisotopic (exact) mass is 298 g/mol. The van der Waals surface area contributed by atoms with Gasteiger partial charge in [-0.2, -0.15) is 4.98 Å². The molecule has 0 aliphatic rings. The van der Waals surface area contributed by atoms with Crippen LogP contribution in [0.5, 0.6) is 5.88 Å². The van der Waals surface area contributed by atoms with Gasteiger partial charge < -0.3 is 14.2 Å². The molecule has 0 radical (unpaired) electrons. The van der Waals surface area contributed by atoms with E-state index < -0.39 is 0 Å². The van der Waals surface area contributed by atoms with Crippen LogP contribution < -0.4 is 9.64 Å². The minimum atomic E-state index is 0.417. The van der Waals surface area contributed by atoms with E-state index >= 15 is 0 Å². The summed E-state index contributed by atoms with van der Waals surface area (Å²) in [5, 5.41) is 3.93. The van der Waals surface area contributed by atoms with Gasteiger partial charge in [-0.15, -0.1) is 0 Å². The van der Waals surface area contributed by atoms with Gasteiger partial charge in [0.15, 0.2) is 0 Å². The summed E-state index contributed by atoms with van der Waals surface area (Å²) in [6.07, 6.45) is 3.13. The van der Waals surface area contributed by atoms with E-state index in [9.17, 15) is 0 Å². The lowest BCUT2D eigenvalue weighted by atomic mass is 10.3. The molecule has 3 rings (SSSR count). The van der Waals surface area contributed by atoms with Crippen LogP contribution in [0.2, 0.25) is 0 Å². The minimum Gasteiger partial charge on any atom is -0.481 e. The zero-order chi connectivity index (χ0) is 15.4. The first-order chi connectivity index (χ1) is 10.8. The molecule has 8 heteroatoms. The van der Waals surface area contributed by atoms with E-state index in [2.05, 4.69) is 25.1 Å². The largest absolute Gasteiger partial charge is 0.481 e. The van der Waals surface area contributed by atoms with Gasteiger partial charge >= 0.3 is 0 Å². The highest BCUT2D eigenvalue weighted by molar-refractivity contribution is 5.47. The molecular weight excluding hydrogens is 284 g/mol. The van der Waals surface area contributed by atoms with E-state index in [-0.39, 0.29) is 0 Å². The van der Waals surface area contributed by atoms with Gasteiger partial charge in [0, 0.05) is 19.3 Å². The van der Waals surface area contributed by atoms with Crippen LogP contribution in [0.1, 0.15) is 5.89 Å². The average molecular weight is 298 g/mol. The van der Waals surface area contributed by atoms with Crippen molar-refractivity contribution in [2.24, 2.45) is 0 Å². The molecule has 0 saturated heterocycles. The molecule has 0 aliphatic carbocycles. The van der Waals surface area contributed by atoms with Crippen molar-refractivity contribution in [1.82, 2.24) is 25.1 Å². The summed E-state index contributed by atoms with van der Waals surface area (Å²) >= 11 is 0. The fourth-order valence-electron chi connectivity index (χ4n) is 1.85. The molecule has 0 bridgehead atoms. The quantitative estimate of drug-likeness (QED) is 0.701. The van der Waals surface area contributed by atoms with Crippen LogP contribution in [0.3, 0.4) is 0 Å². The van der Waals surface area contributed by atoms with Crippen molar-refractivity contribution in [3.63, 3.8) is 0 Å². The molecule has 3 aromatic rings. The van der Waals surface area contributed by atoms with E-state index in [1.165, 1.54) is 6.33 Å². The maximum atomic E-state index is 5.25. The zero-order valence-electron chi connectivity index (χ0n) is 12.2. The van der Waals surface area contributed by atoms with Crippen LogP contribution in [-0.2, 0) is 6.54 Å². The number of anilines is 1. The fraction of sp³-hybridized carbons (Fsp3) is 0.214. The van der Waals surface area contributed by atoms with Gasteiger partial charge in [0.25, 0.3) is 0 Å². The van der Waals surface area contributed by atoms with Gasteiger partial charge in [0.05, 0.1) is 13.7 Å². The molecule has 3 heterocycles. The van der Waals surface area contributed by atoms with Gasteiger partial charge in [-0.1, -0.05) is 11.2 Å². The molecule has 8 nitrogen and oxygen atoms in total. The lowest BCUT2D eigenvalue weighted by molar-refractivity contribution is 0.377. The molecular formula is C14H14N6O2. The molecule has 0 saturated carbocycles. The standard InChI is InChI=1S/C14H14N6O2/c1-20(11-7-12(21-2)17-9-16-11)8-13-18-14(19-22-13)10-5-3-4-6-15-10/h3-7,9H,8H2,1-2H3. The normalized spacial score (nSPS) is 10.5. The molecule has 0 fully saturated rings. The minimum absolute atomic E-state index is 0.417. The Morgan fingerprint density at radius 3 is 2.91 bits per heavy atom. The highest BCUT2D eigenvalue weighted by atomic mass is 16.5. The smallest absolute Gasteiger partial charge is 0.246 e. The van der Waals surface area contributed by atoms with Crippen LogP contribution >= 0.6 is 0 Å². The Morgan fingerprint density at radius 1 is 1.23 bits per heavy atom. The van der Waals surface area contributed by atoms with E-state index in [0.29, 0.717) is 35.7 Å². The number of methoxy groups -OCH3 is 1. The number of hydrogen-bond donors (Lipinski definition) is 0. The second-order valence-electron chi connectivity index (χ2n) is 4.50. The first-order valence-corrected chi connectivity index (χ1v) is 6.57. The Bertz CT molecular complexity index is 746.